The van der Waals surface area contributed by atoms with Gasteiger partial charge in [0.2, 0.25) is 0 Å². The van der Waals surface area contributed by atoms with Crippen molar-refractivity contribution in [3.05, 3.63) is 53.6 Å². The first-order chi connectivity index (χ1) is 13.0. The predicted molar refractivity (Wildman–Crippen MR) is 106 cm³/mol. The van der Waals surface area contributed by atoms with Gasteiger partial charge in [0.1, 0.15) is 11.6 Å². The first-order valence-electron chi connectivity index (χ1n) is 8.14. The van der Waals surface area contributed by atoms with E-state index in [1.807, 2.05) is 0 Å². The number of phenolic OH excluding ortho intramolecular Hbond substituents is 1. The smallest absolute Gasteiger partial charge is 0.417 e. The van der Waals surface area contributed by atoms with Gasteiger partial charge in [0.25, 0.3) is 0 Å². The zero-order valence-electron chi connectivity index (χ0n) is 15.0. The Kier molecular flexibility index (Phi) is 6.26. The summed E-state index contributed by atoms with van der Waals surface area (Å²) in [6.45, 7) is 3.43. The van der Waals surface area contributed by atoms with E-state index in [0.29, 0.717) is 5.69 Å². The maximum absolute atomic E-state index is 13.3. The molecule has 0 aliphatic rings. The second kappa shape index (κ2) is 8.27. The summed E-state index contributed by atoms with van der Waals surface area (Å²) in [7, 11) is 0. The van der Waals surface area contributed by atoms with Crippen LogP contribution in [0, 0.1) is 22.7 Å². The van der Waals surface area contributed by atoms with Gasteiger partial charge in [0, 0.05) is 11.6 Å². The molecule has 28 heavy (non-hydrogen) atoms. The van der Waals surface area contributed by atoms with Crippen molar-refractivity contribution in [1.82, 2.24) is 0 Å². The van der Waals surface area contributed by atoms with E-state index in [0.717, 1.165) is 12.1 Å². The fraction of sp³-hybridized carbons (Fsp3) is 0.211. The number of halogens is 3. The average molecular weight is 406 g/mol. The van der Waals surface area contributed by atoms with Gasteiger partial charge in [0.05, 0.1) is 22.9 Å². The SMILES string of the molecule is CC(C)C(=N)N(C(=S)Nc1ccc(O)cc1)c1ccc(C#N)c(C(F)(F)F)c1. The van der Waals surface area contributed by atoms with Gasteiger partial charge in [-0.25, -0.2) is 0 Å². The molecular weight excluding hydrogens is 389 g/mol. The molecule has 0 aliphatic heterocycles. The first-order valence-corrected chi connectivity index (χ1v) is 8.55. The summed E-state index contributed by atoms with van der Waals surface area (Å²) in [6, 6.07) is 10.6. The number of rotatable bonds is 3. The lowest BCUT2D eigenvalue weighted by molar-refractivity contribution is -0.137. The summed E-state index contributed by atoms with van der Waals surface area (Å²) in [4.78, 5) is 1.18. The molecule has 2 rings (SSSR count). The van der Waals surface area contributed by atoms with Crippen LogP contribution in [-0.2, 0) is 6.18 Å². The van der Waals surface area contributed by atoms with Gasteiger partial charge in [-0.3, -0.25) is 10.3 Å². The number of nitriles is 1. The van der Waals surface area contributed by atoms with E-state index in [9.17, 15) is 18.3 Å². The highest BCUT2D eigenvalue weighted by molar-refractivity contribution is 7.80. The monoisotopic (exact) mass is 406 g/mol. The zero-order chi connectivity index (χ0) is 21.1. The third kappa shape index (κ3) is 4.78. The molecule has 0 aliphatic carbocycles. The number of aromatic hydroxyl groups is 1. The maximum Gasteiger partial charge on any atom is 0.417 e. The molecule has 0 atom stereocenters. The van der Waals surface area contributed by atoms with Gasteiger partial charge < -0.3 is 10.4 Å². The second-order valence-electron chi connectivity index (χ2n) is 6.19. The molecule has 0 fully saturated rings. The van der Waals surface area contributed by atoms with Crippen molar-refractivity contribution < 1.29 is 18.3 Å². The van der Waals surface area contributed by atoms with Crippen LogP contribution >= 0.6 is 12.2 Å². The van der Waals surface area contributed by atoms with Crippen molar-refractivity contribution in [1.29, 1.82) is 10.7 Å². The van der Waals surface area contributed by atoms with Gasteiger partial charge in [-0.2, -0.15) is 18.4 Å². The van der Waals surface area contributed by atoms with E-state index in [1.54, 1.807) is 26.0 Å². The molecule has 2 aromatic rings. The second-order valence-corrected chi connectivity index (χ2v) is 6.58. The minimum absolute atomic E-state index is 0.0118. The Bertz CT molecular complexity index is 934. The number of alkyl halides is 3. The van der Waals surface area contributed by atoms with Crippen LogP contribution in [0.1, 0.15) is 25.0 Å². The highest BCUT2D eigenvalue weighted by Crippen LogP contribution is 2.35. The van der Waals surface area contributed by atoms with Crippen LogP contribution < -0.4 is 10.2 Å². The molecule has 0 unspecified atom stereocenters. The predicted octanol–water partition coefficient (Wildman–Crippen LogP) is 5.12. The van der Waals surface area contributed by atoms with Crippen molar-refractivity contribution in [2.75, 3.05) is 10.2 Å². The van der Waals surface area contributed by atoms with Gasteiger partial charge in [-0.15, -0.1) is 0 Å². The maximum atomic E-state index is 13.3. The highest BCUT2D eigenvalue weighted by Gasteiger charge is 2.35. The fourth-order valence-electron chi connectivity index (χ4n) is 2.35. The number of phenols is 1. The number of benzene rings is 2. The molecule has 0 saturated heterocycles. The average Bonchev–Trinajstić information content (AvgIpc) is 2.62. The van der Waals surface area contributed by atoms with E-state index in [4.69, 9.17) is 22.9 Å². The number of anilines is 2. The van der Waals surface area contributed by atoms with E-state index >= 15 is 0 Å². The number of thiocarbonyl (C=S) groups is 1. The van der Waals surface area contributed by atoms with Crippen LogP contribution in [0.5, 0.6) is 5.75 Å². The van der Waals surface area contributed by atoms with Crippen LogP contribution in [-0.4, -0.2) is 16.1 Å². The molecule has 0 spiro atoms. The molecular formula is C19H17F3N4OS. The van der Waals surface area contributed by atoms with Crippen molar-refractivity contribution >= 4 is 34.5 Å². The minimum atomic E-state index is -4.72. The molecule has 3 N–H and O–H groups in total. The third-order valence-electron chi connectivity index (χ3n) is 3.80. The Morgan fingerprint density at radius 2 is 1.82 bits per heavy atom. The van der Waals surface area contributed by atoms with E-state index in [2.05, 4.69) is 5.32 Å². The lowest BCUT2D eigenvalue weighted by Gasteiger charge is -2.29. The van der Waals surface area contributed by atoms with Gasteiger partial charge >= 0.3 is 6.18 Å². The molecule has 0 aromatic heterocycles. The van der Waals surface area contributed by atoms with E-state index in [-0.39, 0.29) is 28.3 Å². The molecule has 0 amide bonds. The van der Waals surface area contributed by atoms with Crippen LogP contribution in [0.25, 0.3) is 0 Å². The molecule has 146 valence electrons. The first kappa shape index (κ1) is 21.2. The lowest BCUT2D eigenvalue weighted by Crippen LogP contribution is -2.42. The fourth-order valence-corrected chi connectivity index (χ4v) is 2.67. The quantitative estimate of drug-likeness (QED) is 0.285. The normalized spacial score (nSPS) is 11.0. The summed E-state index contributed by atoms with van der Waals surface area (Å²) >= 11 is 5.33. The molecule has 0 saturated carbocycles. The molecule has 5 nitrogen and oxygen atoms in total. The minimum Gasteiger partial charge on any atom is -0.508 e. The summed E-state index contributed by atoms with van der Waals surface area (Å²) < 4.78 is 40.0. The molecule has 0 radical (unpaired) electrons. The number of hydrogen-bond donors (Lipinski definition) is 3. The van der Waals surface area contributed by atoms with Crippen LogP contribution in [0.15, 0.2) is 42.5 Å². The van der Waals surface area contributed by atoms with Gasteiger partial charge in [-0.1, -0.05) is 13.8 Å². The standard InChI is InChI=1S/C19H17F3N4OS/c1-11(2)17(24)26(18(28)25-13-4-7-15(27)8-5-13)14-6-3-12(10-23)16(9-14)19(20,21)22/h3-9,11,24,27H,1-2H3,(H,25,28). The summed E-state index contributed by atoms with van der Waals surface area (Å²) in [5.41, 5.74) is -1.10. The Labute approximate surface area is 165 Å². The lowest BCUT2D eigenvalue weighted by atomic mass is 10.1. The van der Waals surface area contributed by atoms with Crippen molar-refractivity contribution in [2.24, 2.45) is 5.92 Å². The Morgan fingerprint density at radius 1 is 1.21 bits per heavy atom. The highest BCUT2D eigenvalue weighted by atomic mass is 32.1. The van der Waals surface area contributed by atoms with Gasteiger partial charge in [-0.05, 0) is 54.7 Å². The largest absolute Gasteiger partial charge is 0.508 e. The third-order valence-corrected chi connectivity index (χ3v) is 4.08. The summed E-state index contributed by atoms with van der Waals surface area (Å²) in [6.07, 6.45) is -4.72. The van der Waals surface area contributed by atoms with Crippen molar-refractivity contribution in [3.8, 4) is 11.8 Å². The molecule has 0 bridgehead atoms. The van der Waals surface area contributed by atoms with Crippen LogP contribution in [0.3, 0.4) is 0 Å². The van der Waals surface area contributed by atoms with Crippen molar-refractivity contribution in [3.63, 3.8) is 0 Å². The number of nitrogens with zero attached hydrogens (tertiary/aromatic N) is 2. The number of hydrogen-bond acceptors (Lipinski definition) is 4. The van der Waals surface area contributed by atoms with Crippen LogP contribution in [0.2, 0.25) is 0 Å². The summed E-state index contributed by atoms with van der Waals surface area (Å²) in [5, 5.41) is 29.5. The summed E-state index contributed by atoms with van der Waals surface area (Å²) in [5.74, 6) is -0.302. The Balaban J connectivity index is 2.49. The molecule has 9 heteroatoms. The zero-order valence-corrected chi connectivity index (χ0v) is 15.8. The topological polar surface area (TPSA) is 83.1 Å². The number of nitrogens with one attached hydrogen (secondary N) is 2. The van der Waals surface area contributed by atoms with E-state index in [1.165, 1.54) is 29.2 Å². The Hall–Kier alpha value is -3.12. The Morgan fingerprint density at radius 3 is 2.32 bits per heavy atom. The van der Waals surface area contributed by atoms with Crippen LogP contribution in [0.4, 0.5) is 24.5 Å². The number of amidine groups is 1. The van der Waals surface area contributed by atoms with Crippen molar-refractivity contribution in [2.45, 2.75) is 20.0 Å². The molecule has 2 aromatic carbocycles. The van der Waals surface area contributed by atoms with Gasteiger partial charge in [0.15, 0.2) is 5.11 Å². The van der Waals surface area contributed by atoms with E-state index < -0.39 is 17.3 Å². The molecule has 0 heterocycles.